The van der Waals surface area contributed by atoms with E-state index in [0.717, 1.165) is 12.8 Å². The topological polar surface area (TPSA) is 89.5 Å². The van der Waals surface area contributed by atoms with Gasteiger partial charge < -0.3 is 5.73 Å². The summed E-state index contributed by atoms with van der Waals surface area (Å²) in [6.07, 6.45) is 7.43. The van der Waals surface area contributed by atoms with Gasteiger partial charge in [-0.2, -0.15) is 0 Å². The van der Waals surface area contributed by atoms with Crippen LogP contribution in [0.2, 0.25) is 0 Å². The molecule has 6 nitrogen and oxygen atoms in total. The summed E-state index contributed by atoms with van der Waals surface area (Å²) in [5.74, 6) is 1.97. The summed E-state index contributed by atoms with van der Waals surface area (Å²) in [6.45, 7) is 0.715. The van der Waals surface area contributed by atoms with Crippen molar-refractivity contribution in [2.45, 2.75) is 25.4 Å². The zero-order chi connectivity index (χ0) is 18.7. The van der Waals surface area contributed by atoms with Gasteiger partial charge in [0.1, 0.15) is 0 Å². The Morgan fingerprint density at radius 2 is 2.12 bits per heavy atom. The predicted octanol–water partition coefficient (Wildman–Crippen LogP) is 2.82. The van der Waals surface area contributed by atoms with Crippen LogP contribution < -0.4 is 5.73 Å². The van der Waals surface area contributed by atoms with Crippen LogP contribution in [0, 0.1) is 22.5 Å². The fourth-order valence-electron chi connectivity index (χ4n) is 3.55. The van der Waals surface area contributed by atoms with E-state index in [-0.39, 0.29) is 17.3 Å². The third-order valence-electron chi connectivity index (χ3n) is 4.78. The first-order chi connectivity index (χ1) is 12.5. The van der Waals surface area contributed by atoms with Gasteiger partial charge in [-0.3, -0.25) is 19.8 Å². The van der Waals surface area contributed by atoms with Gasteiger partial charge in [0.2, 0.25) is 5.91 Å². The largest absolute Gasteiger partial charge is 0.366 e. The summed E-state index contributed by atoms with van der Waals surface area (Å²) in [7, 11) is 0. The highest BCUT2D eigenvalue weighted by atomic mass is 16.6. The summed E-state index contributed by atoms with van der Waals surface area (Å²) < 4.78 is 0. The Hall–Kier alpha value is -3.17. The molecule has 2 aromatic carbocycles. The molecule has 26 heavy (non-hydrogen) atoms. The number of amides is 1. The molecule has 1 aliphatic rings. The van der Waals surface area contributed by atoms with Gasteiger partial charge in [0.05, 0.1) is 11.5 Å². The SMILES string of the molecule is C#CCN(Cc1ccc(C(N)=O)cc1[N+](=O)[O-])C1CCc2ccccc21. The Labute approximate surface area is 151 Å². The fraction of sp³-hybridized carbons (Fsp3) is 0.250. The van der Waals surface area contributed by atoms with E-state index in [9.17, 15) is 14.9 Å². The quantitative estimate of drug-likeness (QED) is 0.493. The number of hydrogen-bond donors (Lipinski definition) is 1. The maximum absolute atomic E-state index is 11.5. The highest BCUT2D eigenvalue weighted by Gasteiger charge is 2.29. The molecule has 0 fully saturated rings. The van der Waals surface area contributed by atoms with Crippen LogP contribution >= 0.6 is 0 Å². The minimum atomic E-state index is -0.690. The second-order valence-corrected chi connectivity index (χ2v) is 6.33. The number of nitrogens with two attached hydrogens (primary N) is 1. The Morgan fingerprint density at radius 3 is 2.81 bits per heavy atom. The monoisotopic (exact) mass is 349 g/mol. The number of carbonyl (C=O) groups excluding carboxylic acids is 1. The highest BCUT2D eigenvalue weighted by molar-refractivity contribution is 5.93. The number of benzene rings is 2. The molecule has 1 amide bonds. The molecule has 0 aliphatic heterocycles. The van der Waals surface area contributed by atoms with E-state index in [0.29, 0.717) is 18.7 Å². The third-order valence-corrected chi connectivity index (χ3v) is 4.78. The average molecular weight is 349 g/mol. The van der Waals surface area contributed by atoms with E-state index in [1.165, 1.54) is 23.3 Å². The molecule has 132 valence electrons. The van der Waals surface area contributed by atoms with Gasteiger partial charge in [0, 0.05) is 29.8 Å². The first-order valence-electron chi connectivity index (χ1n) is 8.33. The van der Waals surface area contributed by atoms with Crippen molar-refractivity contribution in [1.82, 2.24) is 4.90 Å². The van der Waals surface area contributed by atoms with Crippen molar-refractivity contribution in [3.63, 3.8) is 0 Å². The molecule has 2 N–H and O–H groups in total. The van der Waals surface area contributed by atoms with Crippen molar-refractivity contribution in [1.29, 1.82) is 0 Å². The van der Waals surface area contributed by atoms with Gasteiger partial charge in [-0.25, -0.2) is 0 Å². The van der Waals surface area contributed by atoms with Crippen molar-refractivity contribution in [2.24, 2.45) is 5.73 Å². The highest BCUT2D eigenvalue weighted by Crippen LogP contribution is 2.37. The lowest BCUT2D eigenvalue weighted by Gasteiger charge is -2.27. The van der Waals surface area contributed by atoms with E-state index in [4.69, 9.17) is 12.2 Å². The third kappa shape index (κ3) is 3.44. The van der Waals surface area contributed by atoms with Crippen molar-refractivity contribution in [3.8, 4) is 12.3 Å². The number of aryl methyl sites for hydroxylation is 1. The first-order valence-corrected chi connectivity index (χ1v) is 8.33. The molecule has 0 spiro atoms. The van der Waals surface area contributed by atoms with E-state index >= 15 is 0 Å². The van der Waals surface area contributed by atoms with Crippen molar-refractivity contribution in [3.05, 3.63) is 74.8 Å². The van der Waals surface area contributed by atoms with Crippen LogP contribution in [0.25, 0.3) is 0 Å². The summed E-state index contributed by atoms with van der Waals surface area (Å²) in [5, 5.41) is 11.5. The Bertz CT molecular complexity index is 901. The Morgan fingerprint density at radius 1 is 1.35 bits per heavy atom. The number of fused-ring (bicyclic) bond motifs is 1. The van der Waals surface area contributed by atoms with Crippen molar-refractivity contribution in [2.75, 3.05) is 6.54 Å². The zero-order valence-electron chi connectivity index (χ0n) is 14.2. The molecule has 3 rings (SSSR count). The van der Waals surface area contributed by atoms with Crippen LogP contribution in [0.4, 0.5) is 5.69 Å². The van der Waals surface area contributed by atoms with Crippen LogP contribution in [0.15, 0.2) is 42.5 Å². The van der Waals surface area contributed by atoms with Crippen LogP contribution in [-0.4, -0.2) is 22.3 Å². The lowest BCUT2D eigenvalue weighted by molar-refractivity contribution is -0.385. The number of rotatable bonds is 6. The minimum Gasteiger partial charge on any atom is -0.366 e. The van der Waals surface area contributed by atoms with Crippen molar-refractivity contribution >= 4 is 11.6 Å². The maximum Gasteiger partial charge on any atom is 0.274 e. The van der Waals surface area contributed by atoms with E-state index in [2.05, 4.69) is 23.0 Å². The number of nitro groups is 1. The number of terminal acetylenes is 1. The molecule has 0 aromatic heterocycles. The Kier molecular flexibility index (Phi) is 5.01. The van der Waals surface area contributed by atoms with Gasteiger partial charge in [-0.05, 0) is 30.0 Å². The molecule has 0 radical (unpaired) electrons. The molecular formula is C20H19N3O3. The van der Waals surface area contributed by atoms with Crippen LogP contribution in [-0.2, 0) is 13.0 Å². The molecule has 0 saturated heterocycles. The normalized spacial score (nSPS) is 15.5. The minimum absolute atomic E-state index is 0.116. The number of hydrogen-bond acceptors (Lipinski definition) is 4. The molecular weight excluding hydrogens is 330 g/mol. The number of nitro benzene ring substituents is 1. The maximum atomic E-state index is 11.5. The van der Waals surface area contributed by atoms with Gasteiger partial charge in [-0.15, -0.1) is 6.42 Å². The molecule has 2 aromatic rings. The number of primary amides is 1. The van der Waals surface area contributed by atoms with Crippen LogP contribution in [0.3, 0.4) is 0 Å². The molecule has 6 heteroatoms. The standard InChI is InChI=1S/C20H19N3O3/c1-2-11-22(18-10-9-14-5-3-4-6-17(14)18)13-16-8-7-15(20(21)24)12-19(16)23(25)26/h1,3-8,12,18H,9-11,13H2,(H2,21,24). The molecule has 1 aliphatic carbocycles. The summed E-state index contributed by atoms with van der Waals surface area (Å²) in [4.78, 5) is 24.4. The second kappa shape index (κ2) is 7.38. The molecule has 1 atom stereocenters. The fourth-order valence-corrected chi connectivity index (χ4v) is 3.55. The van der Waals surface area contributed by atoms with Crippen molar-refractivity contribution < 1.29 is 9.72 Å². The number of nitrogens with zero attached hydrogens (tertiary/aromatic N) is 2. The second-order valence-electron chi connectivity index (χ2n) is 6.33. The lowest BCUT2D eigenvalue weighted by atomic mass is 10.0. The van der Waals surface area contributed by atoms with Gasteiger partial charge in [-0.1, -0.05) is 36.3 Å². The van der Waals surface area contributed by atoms with E-state index < -0.39 is 10.8 Å². The summed E-state index contributed by atoms with van der Waals surface area (Å²) in [6, 6.07) is 12.7. The zero-order valence-corrected chi connectivity index (χ0v) is 14.2. The Balaban J connectivity index is 1.93. The van der Waals surface area contributed by atoms with Gasteiger partial charge in [0.25, 0.3) is 5.69 Å². The van der Waals surface area contributed by atoms with Crippen LogP contribution in [0.5, 0.6) is 0 Å². The van der Waals surface area contributed by atoms with Gasteiger partial charge in [0.15, 0.2) is 0 Å². The average Bonchev–Trinajstić information content (AvgIpc) is 3.05. The molecule has 0 bridgehead atoms. The first kappa shape index (κ1) is 17.6. The lowest BCUT2D eigenvalue weighted by Crippen LogP contribution is -2.28. The predicted molar refractivity (Wildman–Crippen MR) is 98.4 cm³/mol. The van der Waals surface area contributed by atoms with Gasteiger partial charge >= 0.3 is 0 Å². The smallest absolute Gasteiger partial charge is 0.274 e. The molecule has 0 heterocycles. The van der Waals surface area contributed by atoms with E-state index in [1.54, 1.807) is 6.07 Å². The summed E-state index contributed by atoms with van der Waals surface area (Å²) in [5.41, 5.74) is 8.27. The van der Waals surface area contributed by atoms with E-state index in [1.807, 2.05) is 12.1 Å². The molecule has 0 saturated carbocycles. The number of carbonyl (C=O) groups is 1. The summed E-state index contributed by atoms with van der Waals surface area (Å²) >= 11 is 0. The molecule has 1 unspecified atom stereocenters. The van der Waals surface area contributed by atoms with Crippen LogP contribution in [0.1, 0.15) is 39.5 Å².